The Morgan fingerprint density at radius 3 is 2.75 bits per heavy atom. The maximum absolute atomic E-state index is 11.9. The third-order valence-corrected chi connectivity index (χ3v) is 3.65. The summed E-state index contributed by atoms with van der Waals surface area (Å²) in [5.41, 5.74) is 6.58. The summed E-state index contributed by atoms with van der Waals surface area (Å²) in [6, 6.07) is 4.16. The van der Waals surface area contributed by atoms with E-state index < -0.39 is 6.04 Å². The normalized spacial score (nSPS) is 11.8. The second kappa shape index (κ2) is 8.14. The average Bonchev–Trinajstić information content (AvgIpc) is 2.45. The van der Waals surface area contributed by atoms with Gasteiger partial charge in [0.05, 0.1) is 16.6 Å². The molecule has 7 heteroatoms. The van der Waals surface area contributed by atoms with E-state index in [0.717, 1.165) is 5.75 Å². The topological polar surface area (TPSA) is 84.2 Å². The number of amides is 2. The van der Waals surface area contributed by atoms with Crippen LogP contribution in [0.3, 0.4) is 0 Å². The molecule has 0 heterocycles. The molecule has 0 saturated heterocycles. The van der Waals surface area contributed by atoms with Gasteiger partial charge in [0.25, 0.3) is 5.91 Å². The van der Waals surface area contributed by atoms with Crippen molar-refractivity contribution in [2.45, 2.75) is 12.5 Å². The van der Waals surface area contributed by atoms with Gasteiger partial charge < -0.3 is 16.4 Å². The summed E-state index contributed by atoms with van der Waals surface area (Å²) >= 11 is 7.57. The standard InChI is InChI=1S/C13H18ClN3O2S/c1-16-12(18)9-7-8(3-4-10(9)14)17-13(19)11(15)5-6-20-2/h3-4,7,11H,5-6,15H2,1-2H3,(H,16,18)(H,17,19)/t11-/m0/s1. The van der Waals surface area contributed by atoms with Crippen molar-refractivity contribution in [2.24, 2.45) is 5.73 Å². The molecule has 2 amide bonds. The predicted molar refractivity (Wildman–Crippen MR) is 84.4 cm³/mol. The van der Waals surface area contributed by atoms with Gasteiger partial charge in [-0.3, -0.25) is 9.59 Å². The number of carbonyl (C=O) groups is 2. The molecule has 0 saturated carbocycles. The molecule has 0 aliphatic carbocycles. The molecule has 0 bridgehead atoms. The van der Waals surface area contributed by atoms with Gasteiger partial charge in [-0.15, -0.1) is 0 Å². The first-order chi connectivity index (χ1) is 9.49. The van der Waals surface area contributed by atoms with Crippen LogP contribution in [-0.4, -0.2) is 36.9 Å². The quantitative estimate of drug-likeness (QED) is 0.746. The lowest BCUT2D eigenvalue weighted by Gasteiger charge is -2.12. The van der Waals surface area contributed by atoms with E-state index in [1.807, 2.05) is 6.26 Å². The van der Waals surface area contributed by atoms with Crippen LogP contribution < -0.4 is 16.4 Å². The Morgan fingerprint density at radius 1 is 1.45 bits per heavy atom. The largest absolute Gasteiger partial charge is 0.355 e. The second-order valence-electron chi connectivity index (χ2n) is 4.15. The van der Waals surface area contributed by atoms with Crippen molar-refractivity contribution in [3.63, 3.8) is 0 Å². The highest BCUT2D eigenvalue weighted by Gasteiger charge is 2.15. The number of hydrogen-bond donors (Lipinski definition) is 3. The average molecular weight is 316 g/mol. The Hall–Kier alpha value is -1.24. The number of carbonyl (C=O) groups excluding carboxylic acids is 2. The molecule has 5 nitrogen and oxygen atoms in total. The lowest BCUT2D eigenvalue weighted by atomic mass is 10.1. The third-order valence-electron chi connectivity index (χ3n) is 2.68. The molecule has 110 valence electrons. The van der Waals surface area contributed by atoms with E-state index in [4.69, 9.17) is 17.3 Å². The molecular weight excluding hydrogens is 298 g/mol. The maximum Gasteiger partial charge on any atom is 0.252 e. The van der Waals surface area contributed by atoms with E-state index in [1.165, 1.54) is 13.1 Å². The first kappa shape index (κ1) is 16.8. The summed E-state index contributed by atoms with van der Waals surface area (Å²) in [7, 11) is 1.52. The van der Waals surface area contributed by atoms with Gasteiger partial charge in [0.15, 0.2) is 0 Å². The number of nitrogens with one attached hydrogen (secondary N) is 2. The highest BCUT2D eigenvalue weighted by atomic mass is 35.5. The molecule has 0 spiro atoms. The lowest BCUT2D eigenvalue weighted by Crippen LogP contribution is -2.36. The van der Waals surface area contributed by atoms with Crippen molar-refractivity contribution in [1.29, 1.82) is 0 Å². The van der Waals surface area contributed by atoms with E-state index >= 15 is 0 Å². The Balaban J connectivity index is 2.78. The molecule has 0 radical (unpaired) electrons. The van der Waals surface area contributed by atoms with Crippen LogP contribution in [0.1, 0.15) is 16.8 Å². The molecule has 0 aromatic heterocycles. The van der Waals surface area contributed by atoms with Gasteiger partial charge in [0.2, 0.25) is 5.91 Å². The van der Waals surface area contributed by atoms with Gasteiger partial charge in [-0.05, 0) is 36.6 Å². The molecule has 1 rings (SSSR count). The lowest BCUT2D eigenvalue weighted by molar-refractivity contribution is -0.117. The summed E-state index contributed by atoms with van der Waals surface area (Å²) in [5, 5.41) is 5.50. The van der Waals surface area contributed by atoms with Crippen LogP contribution in [0.15, 0.2) is 18.2 Å². The van der Waals surface area contributed by atoms with Crippen LogP contribution in [0, 0.1) is 0 Å². The Labute approximate surface area is 127 Å². The second-order valence-corrected chi connectivity index (χ2v) is 5.54. The number of nitrogens with two attached hydrogens (primary N) is 1. The van der Waals surface area contributed by atoms with Crippen LogP contribution in [0.5, 0.6) is 0 Å². The monoisotopic (exact) mass is 315 g/mol. The molecular formula is C13H18ClN3O2S. The van der Waals surface area contributed by atoms with Gasteiger partial charge in [0.1, 0.15) is 0 Å². The zero-order valence-corrected chi connectivity index (χ0v) is 13.0. The van der Waals surface area contributed by atoms with Crippen molar-refractivity contribution >= 4 is 40.9 Å². The molecule has 0 unspecified atom stereocenters. The minimum absolute atomic E-state index is 0.274. The summed E-state index contributed by atoms with van der Waals surface area (Å²) in [5.74, 6) is 0.237. The maximum atomic E-state index is 11.9. The Bertz CT molecular complexity index is 497. The van der Waals surface area contributed by atoms with E-state index in [-0.39, 0.29) is 11.8 Å². The highest BCUT2D eigenvalue weighted by Crippen LogP contribution is 2.20. The van der Waals surface area contributed by atoms with Crippen LogP contribution in [0.4, 0.5) is 5.69 Å². The molecule has 1 atom stereocenters. The first-order valence-corrected chi connectivity index (χ1v) is 7.83. The molecule has 0 fully saturated rings. The molecule has 0 aliphatic rings. The Morgan fingerprint density at radius 2 is 2.15 bits per heavy atom. The van der Waals surface area contributed by atoms with Crippen molar-refractivity contribution in [3.05, 3.63) is 28.8 Å². The van der Waals surface area contributed by atoms with Crippen LogP contribution >= 0.6 is 23.4 Å². The minimum atomic E-state index is -0.568. The van der Waals surface area contributed by atoms with Gasteiger partial charge in [-0.1, -0.05) is 11.6 Å². The molecule has 1 aromatic rings. The number of thioether (sulfide) groups is 1. The number of halogens is 1. The summed E-state index contributed by atoms with van der Waals surface area (Å²) in [6.07, 6.45) is 2.56. The van der Waals surface area contributed by atoms with Gasteiger partial charge in [-0.25, -0.2) is 0 Å². The zero-order chi connectivity index (χ0) is 15.1. The first-order valence-electron chi connectivity index (χ1n) is 6.06. The van der Waals surface area contributed by atoms with Crippen molar-refractivity contribution in [1.82, 2.24) is 5.32 Å². The molecule has 20 heavy (non-hydrogen) atoms. The zero-order valence-electron chi connectivity index (χ0n) is 11.4. The fourth-order valence-electron chi connectivity index (χ4n) is 1.52. The number of hydrogen-bond acceptors (Lipinski definition) is 4. The summed E-state index contributed by atoms with van der Waals surface area (Å²) < 4.78 is 0. The van der Waals surface area contributed by atoms with Crippen LogP contribution in [0.25, 0.3) is 0 Å². The van der Waals surface area contributed by atoms with Crippen LogP contribution in [-0.2, 0) is 4.79 Å². The predicted octanol–water partition coefficient (Wildman–Crippen LogP) is 1.72. The minimum Gasteiger partial charge on any atom is -0.355 e. The molecule has 0 aliphatic heterocycles. The number of rotatable bonds is 6. The van der Waals surface area contributed by atoms with Crippen LogP contribution in [0.2, 0.25) is 5.02 Å². The fourth-order valence-corrected chi connectivity index (χ4v) is 2.22. The highest BCUT2D eigenvalue weighted by molar-refractivity contribution is 7.98. The third kappa shape index (κ3) is 4.70. The molecule has 1 aromatic carbocycles. The van der Waals surface area contributed by atoms with Crippen molar-refractivity contribution < 1.29 is 9.59 Å². The number of benzene rings is 1. The SMILES string of the molecule is CNC(=O)c1cc(NC(=O)[C@@H](N)CCSC)ccc1Cl. The van der Waals surface area contributed by atoms with E-state index in [9.17, 15) is 9.59 Å². The van der Waals surface area contributed by atoms with Crippen molar-refractivity contribution in [2.75, 3.05) is 24.4 Å². The fraction of sp³-hybridized carbons (Fsp3) is 0.385. The summed E-state index contributed by atoms with van der Waals surface area (Å²) in [6.45, 7) is 0. The molecule has 4 N–H and O–H groups in total. The van der Waals surface area contributed by atoms with Gasteiger partial charge >= 0.3 is 0 Å². The van der Waals surface area contributed by atoms with E-state index in [1.54, 1.807) is 23.9 Å². The van der Waals surface area contributed by atoms with E-state index in [2.05, 4.69) is 10.6 Å². The van der Waals surface area contributed by atoms with E-state index in [0.29, 0.717) is 22.7 Å². The Kier molecular flexibility index (Phi) is 6.84. The summed E-state index contributed by atoms with van der Waals surface area (Å²) in [4.78, 5) is 23.5. The number of anilines is 1. The smallest absolute Gasteiger partial charge is 0.252 e. The van der Waals surface area contributed by atoms with Crippen molar-refractivity contribution in [3.8, 4) is 0 Å². The van der Waals surface area contributed by atoms with Gasteiger partial charge in [0, 0.05) is 12.7 Å². The van der Waals surface area contributed by atoms with Gasteiger partial charge in [-0.2, -0.15) is 11.8 Å².